The van der Waals surface area contributed by atoms with Crippen LogP contribution in [0.3, 0.4) is 0 Å². The number of benzene rings is 4. The monoisotopic (exact) mass is 762 g/mol. The maximum absolute atomic E-state index is 6.93. The molecular weight excluding hydrogens is 709 g/mol. The zero-order valence-corrected chi connectivity index (χ0v) is 33.1. The predicted octanol–water partition coefficient (Wildman–Crippen LogP) is 7.31. The molecule has 294 valence electrons. The molecule has 0 saturated carbocycles. The van der Waals surface area contributed by atoms with Crippen LogP contribution < -0.4 is 0 Å². The quantitative estimate of drug-likeness (QED) is 0.188. The van der Waals surface area contributed by atoms with Gasteiger partial charge in [-0.1, -0.05) is 72.8 Å². The molecule has 0 aromatic heterocycles. The SMILES string of the molecule is c1ccc2c(c1)C[C@@H]1Cc3cc4c(cc3C[C@H](C2)C12OCCO2)CC1Cc2cc3c(cc2CC(C4)C12OCCO2)C[C@@H]1Cc2ccccc2C[C@H](C3)C12OCCO2. The van der Waals surface area contributed by atoms with Gasteiger partial charge in [0.1, 0.15) is 0 Å². The molecule has 0 amide bonds. The standard InChI is InChI=1S/C51H54O6/c1-2-6-32-20-44-24-36-16-40-28-48-30-42-18-38-26-46-22-34-8-4-3-7-33(34)21-45(50(46)54-11-12-55-50)25-37(38)17-41(42)29-47(51(48)56-13-14-57-51)27-39(40)15-35(36)23-43(19-31(32)5-1)49(44)52-9-10-53-49/h1-8,15-18,43-48H,9-14,19-30H2/t43-,44+,45+,46-,47?,48?. The minimum Gasteiger partial charge on any atom is -0.347 e. The first-order valence-electron chi connectivity index (χ1n) is 22.3. The minimum absolute atomic E-state index is 0.254. The highest BCUT2D eigenvalue weighted by Gasteiger charge is 2.57. The molecule has 6 heteroatoms. The van der Waals surface area contributed by atoms with Crippen LogP contribution in [0.15, 0.2) is 72.8 Å². The highest BCUT2D eigenvalue weighted by molar-refractivity contribution is 5.47. The molecule has 3 aliphatic heterocycles. The van der Waals surface area contributed by atoms with E-state index in [4.69, 9.17) is 28.4 Å². The summed E-state index contributed by atoms with van der Waals surface area (Å²) in [6.45, 7) is 4.16. The van der Waals surface area contributed by atoms with Crippen molar-refractivity contribution in [2.75, 3.05) is 39.6 Å². The third-order valence-electron chi connectivity index (χ3n) is 16.5. The van der Waals surface area contributed by atoms with Crippen molar-refractivity contribution < 1.29 is 28.4 Å². The van der Waals surface area contributed by atoms with Crippen molar-refractivity contribution in [3.63, 3.8) is 0 Å². The van der Waals surface area contributed by atoms with Crippen molar-refractivity contribution in [1.29, 1.82) is 0 Å². The largest absolute Gasteiger partial charge is 0.347 e. The van der Waals surface area contributed by atoms with E-state index in [2.05, 4.69) is 72.8 Å². The van der Waals surface area contributed by atoms with Gasteiger partial charge in [-0.25, -0.2) is 0 Å². The topological polar surface area (TPSA) is 55.4 Å². The smallest absolute Gasteiger partial charge is 0.175 e. The Balaban J connectivity index is 0.873. The lowest BCUT2D eigenvalue weighted by molar-refractivity contribution is -0.227. The molecule has 6 aliphatic carbocycles. The molecule has 4 aromatic carbocycles. The molecule has 13 rings (SSSR count). The lowest BCUT2D eigenvalue weighted by atomic mass is 9.82. The van der Waals surface area contributed by atoms with Gasteiger partial charge < -0.3 is 28.4 Å². The maximum Gasteiger partial charge on any atom is 0.175 e. The first kappa shape index (κ1) is 34.5. The second-order valence-electron chi connectivity index (χ2n) is 19.2. The van der Waals surface area contributed by atoms with Crippen molar-refractivity contribution >= 4 is 0 Å². The van der Waals surface area contributed by atoms with E-state index in [0.717, 1.165) is 77.0 Å². The van der Waals surface area contributed by atoms with E-state index in [9.17, 15) is 0 Å². The van der Waals surface area contributed by atoms with E-state index in [-0.39, 0.29) is 11.8 Å². The van der Waals surface area contributed by atoms with Gasteiger partial charge in [-0.2, -0.15) is 0 Å². The van der Waals surface area contributed by atoms with Gasteiger partial charge in [0.2, 0.25) is 0 Å². The van der Waals surface area contributed by atoms with Gasteiger partial charge in [-0.05, 0) is 144 Å². The summed E-state index contributed by atoms with van der Waals surface area (Å²) < 4.78 is 40.8. The lowest BCUT2D eigenvalue weighted by Gasteiger charge is -2.39. The van der Waals surface area contributed by atoms with Crippen LogP contribution in [0.4, 0.5) is 0 Å². The van der Waals surface area contributed by atoms with Crippen LogP contribution in [0.1, 0.15) is 66.8 Å². The summed E-state index contributed by atoms with van der Waals surface area (Å²) in [5.74, 6) is 0.140. The van der Waals surface area contributed by atoms with Gasteiger partial charge in [0.15, 0.2) is 17.4 Å². The fourth-order valence-electron chi connectivity index (χ4n) is 14.1. The van der Waals surface area contributed by atoms with Crippen molar-refractivity contribution in [2.24, 2.45) is 35.5 Å². The Morgan fingerprint density at radius 1 is 0.263 bits per heavy atom. The van der Waals surface area contributed by atoms with Gasteiger partial charge >= 0.3 is 0 Å². The van der Waals surface area contributed by atoms with Crippen LogP contribution in [-0.2, 0) is 105 Å². The normalized spacial score (nSPS) is 32.0. The molecule has 6 nitrogen and oxygen atoms in total. The fraction of sp³-hybridized carbons (Fsp3) is 0.529. The highest BCUT2D eigenvalue weighted by atomic mass is 16.7. The molecule has 57 heavy (non-hydrogen) atoms. The summed E-state index contributed by atoms with van der Waals surface area (Å²) in [6.07, 6.45) is 11.9. The van der Waals surface area contributed by atoms with Crippen LogP contribution in [0.25, 0.3) is 0 Å². The number of ether oxygens (including phenoxy) is 6. The average molecular weight is 763 g/mol. The summed E-state index contributed by atoms with van der Waals surface area (Å²) in [4.78, 5) is 0. The minimum atomic E-state index is -0.552. The Hall–Kier alpha value is -3.36. The second-order valence-corrected chi connectivity index (χ2v) is 19.2. The molecule has 2 unspecified atom stereocenters. The Kier molecular flexibility index (Phi) is 7.76. The number of rotatable bonds is 0. The van der Waals surface area contributed by atoms with Gasteiger partial charge in [-0.3, -0.25) is 0 Å². The van der Waals surface area contributed by atoms with Crippen LogP contribution in [0.5, 0.6) is 0 Å². The van der Waals surface area contributed by atoms with E-state index in [1.165, 1.54) is 66.8 Å². The van der Waals surface area contributed by atoms with Crippen LogP contribution >= 0.6 is 0 Å². The summed E-state index contributed by atoms with van der Waals surface area (Å²) in [7, 11) is 0. The van der Waals surface area contributed by atoms with E-state index in [0.29, 0.717) is 63.3 Å². The number of fused-ring (bicyclic) bond motifs is 6. The second kappa shape index (κ2) is 12.8. The Labute approximate surface area is 336 Å². The molecule has 3 heterocycles. The molecular formula is C51H54O6. The Morgan fingerprint density at radius 2 is 0.439 bits per heavy atom. The average Bonchev–Trinajstić information content (AvgIpc) is 3.95. The third-order valence-corrected chi connectivity index (χ3v) is 16.5. The first-order valence-corrected chi connectivity index (χ1v) is 22.3. The van der Waals surface area contributed by atoms with E-state index >= 15 is 0 Å². The number of hydrogen-bond donors (Lipinski definition) is 0. The van der Waals surface area contributed by atoms with E-state index in [1.807, 2.05) is 0 Å². The fourth-order valence-corrected chi connectivity index (χ4v) is 14.1. The van der Waals surface area contributed by atoms with E-state index < -0.39 is 17.4 Å². The maximum atomic E-state index is 6.93. The van der Waals surface area contributed by atoms with Gasteiger partial charge in [0.25, 0.3) is 0 Å². The molecule has 0 radical (unpaired) electrons. The molecule has 3 fully saturated rings. The van der Waals surface area contributed by atoms with Crippen molar-refractivity contribution in [2.45, 2.75) is 94.4 Å². The zero-order valence-electron chi connectivity index (χ0n) is 33.1. The number of hydrogen-bond acceptors (Lipinski definition) is 6. The predicted molar refractivity (Wildman–Crippen MR) is 215 cm³/mol. The van der Waals surface area contributed by atoms with E-state index in [1.54, 1.807) is 0 Å². The Bertz CT molecular complexity index is 1970. The van der Waals surface area contributed by atoms with Gasteiger partial charge in [0, 0.05) is 35.5 Å². The van der Waals surface area contributed by atoms with Gasteiger partial charge in [-0.15, -0.1) is 0 Å². The summed E-state index contributed by atoms with van der Waals surface area (Å²) in [6, 6.07) is 28.7. The first-order chi connectivity index (χ1) is 28.1. The van der Waals surface area contributed by atoms with Crippen LogP contribution in [0, 0.1) is 35.5 Å². The van der Waals surface area contributed by atoms with Crippen LogP contribution in [0.2, 0.25) is 0 Å². The molecule has 4 aromatic rings. The molecule has 3 saturated heterocycles. The zero-order chi connectivity index (χ0) is 37.3. The molecule has 6 atom stereocenters. The molecule has 6 bridgehead atoms. The third kappa shape index (κ3) is 5.17. The molecule has 3 spiro atoms. The summed E-state index contributed by atoms with van der Waals surface area (Å²) >= 11 is 0. The highest BCUT2D eigenvalue weighted by Crippen LogP contribution is 2.53. The molecule has 0 N–H and O–H groups in total. The lowest BCUT2D eigenvalue weighted by Crippen LogP contribution is -2.47. The van der Waals surface area contributed by atoms with Gasteiger partial charge in [0.05, 0.1) is 39.6 Å². The Morgan fingerprint density at radius 3 is 0.632 bits per heavy atom. The molecule has 9 aliphatic rings. The summed E-state index contributed by atoms with van der Waals surface area (Å²) in [5, 5.41) is 0. The van der Waals surface area contributed by atoms with Crippen molar-refractivity contribution in [3.8, 4) is 0 Å². The summed E-state index contributed by atoms with van der Waals surface area (Å²) in [5.41, 5.74) is 18.0. The van der Waals surface area contributed by atoms with Crippen molar-refractivity contribution in [3.05, 3.63) is 140 Å². The van der Waals surface area contributed by atoms with Crippen molar-refractivity contribution in [1.82, 2.24) is 0 Å². The van der Waals surface area contributed by atoms with Crippen LogP contribution in [-0.4, -0.2) is 57.0 Å².